The van der Waals surface area contributed by atoms with E-state index in [9.17, 15) is 0 Å². The van der Waals surface area contributed by atoms with Crippen LogP contribution in [0.25, 0.3) is 0 Å². The average molecular weight is 245 g/mol. The first-order valence-electron chi connectivity index (χ1n) is 6.11. The summed E-state index contributed by atoms with van der Waals surface area (Å²) in [6, 6.07) is 0.734. The van der Waals surface area contributed by atoms with E-state index in [2.05, 4.69) is 42.7 Å². The fraction of sp³-hybridized carbons (Fsp3) is 1.00. The Hall–Kier alpha value is 0.660. The normalized spacial score (nSPS) is 35.6. The zero-order valence-electron chi connectivity index (χ0n) is 9.92. The van der Waals surface area contributed by atoms with Gasteiger partial charge in [-0.05, 0) is 36.2 Å². The van der Waals surface area contributed by atoms with Crippen LogP contribution < -0.4 is 5.32 Å². The lowest BCUT2D eigenvalue weighted by molar-refractivity contribution is 0.246. The van der Waals surface area contributed by atoms with Gasteiger partial charge in [0.1, 0.15) is 0 Å². The fourth-order valence-electron chi connectivity index (χ4n) is 2.35. The molecule has 0 bridgehead atoms. The van der Waals surface area contributed by atoms with E-state index >= 15 is 0 Å². The lowest BCUT2D eigenvalue weighted by Gasteiger charge is -2.39. The molecule has 2 heterocycles. The third-order valence-corrected chi connectivity index (χ3v) is 6.19. The van der Waals surface area contributed by atoms with Crippen molar-refractivity contribution in [2.75, 3.05) is 23.8 Å². The zero-order valence-corrected chi connectivity index (χ0v) is 11.6. The molecule has 0 aromatic rings. The number of rotatable bonds is 3. The zero-order chi connectivity index (χ0) is 10.7. The Kier molecular flexibility index (Phi) is 4.31. The van der Waals surface area contributed by atoms with Crippen molar-refractivity contribution < 1.29 is 0 Å². The standard InChI is InChI=1S/C12H23NS2/c1-12(2)5-7-14-9-11(12)13-8-10-4-3-6-15-10/h10-11,13H,3-9H2,1-2H3. The van der Waals surface area contributed by atoms with E-state index in [1.54, 1.807) is 0 Å². The van der Waals surface area contributed by atoms with Crippen LogP contribution in [0.2, 0.25) is 0 Å². The van der Waals surface area contributed by atoms with Gasteiger partial charge in [0, 0.05) is 23.6 Å². The molecule has 2 aliphatic rings. The summed E-state index contributed by atoms with van der Waals surface area (Å²) >= 11 is 4.28. The van der Waals surface area contributed by atoms with Crippen LogP contribution in [0, 0.1) is 5.41 Å². The Labute approximate surface area is 103 Å². The second-order valence-corrected chi connectivity index (χ2v) is 7.97. The number of nitrogens with one attached hydrogen (secondary N) is 1. The van der Waals surface area contributed by atoms with Crippen molar-refractivity contribution in [1.82, 2.24) is 5.32 Å². The summed E-state index contributed by atoms with van der Waals surface area (Å²) in [6.07, 6.45) is 4.23. The summed E-state index contributed by atoms with van der Waals surface area (Å²) in [4.78, 5) is 0. The van der Waals surface area contributed by atoms with E-state index < -0.39 is 0 Å². The first kappa shape index (κ1) is 12.1. The van der Waals surface area contributed by atoms with Gasteiger partial charge in [-0.1, -0.05) is 13.8 Å². The minimum absolute atomic E-state index is 0.508. The molecule has 0 radical (unpaired) electrons. The first-order valence-corrected chi connectivity index (χ1v) is 8.31. The molecule has 2 unspecified atom stereocenters. The fourth-order valence-corrected chi connectivity index (χ4v) is 5.21. The molecular weight excluding hydrogens is 222 g/mol. The van der Waals surface area contributed by atoms with Gasteiger partial charge in [-0.15, -0.1) is 0 Å². The van der Waals surface area contributed by atoms with E-state index in [1.807, 2.05) is 0 Å². The van der Waals surface area contributed by atoms with E-state index in [1.165, 1.54) is 43.1 Å². The summed E-state index contributed by atoms with van der Waals surface area (Å²) in [5.74, 6) is 4.04. The van der Waals surface area contributed by atoms with Gasteiger partial charge < -0.3 is 5.32 Å². The summed E-state index contributed by atoms with van der Waals surface area (Å²) < 4.78 is 0. The summed E-state index contributed by atoms with van der Waals surface area (Å²) in [6.45, 7) is 6.08. The maximum Gasteiger partial charge on any atom is 0.0210 e. The number of thioether (sulfide) groups is 2. The van der Waals surface area contributed by atoms with Crippen molar-refractivity contribution >= 4 is 23.5 Å². The number of hydrogen-bond acceptors (Lipinski definition) is 3. The van der Waals surface area contributed by atoms with Crippen molar-refractivity contribution in [1.29, 1.82) is 0 Å². The molecule has 1 N–H and O–H groups in total. The van der Waals surface area contributed by atoms with Gasteiger partial charge in [0.2, 0.25) is 0 Å². The minimum Gasteiger partial charge on any atom is -0.312 e. The SMILES string of the molecule is CC1(C)CCSCC1NCC1CCCS1. The molecule has 0 spiro atoms. The largest absolute Gasteiger partial charge is 0.312 e. The molecule has 88 valence electrons. The molecular formula is C12H23NS2. The third-order valence-electron chi connectivity index (χ3n) is 3.73. The Bertz CT molecular complexity index is 200. The van der Waals surface area contributed by atoms with Gasteiger partial charge >= 0.3 is 0 Å². The molecule has 3 heteroatoms. The molecule has 0 saturated carbocycles. The lowest BCUT2D eigenvalue weighted by atomic mass is 9.82. The first-order chi connectivity index (χ1) is 7.18. The predicted molar refractivity (Wildman–Crippen MR) is 73.0 cm³/mol. The van der Waals surface area contributed by atoms with Gasteiger partial charge in [-0.3, -0.25) is 0 Å². The predicted octanol–water partition coefficient (Wildman–Crippen LogP) is 3.00. The quantitative estimate of drug-likeness (QED) is 0.821. The third kappa shape index (κ3) is 3.31. The van der Waals surface area contributed by atoms with Crippen molar-refractivity contribution in [3.8, 4) is 0 Å². The van der Waals surface area contributed by atoms with Crippen LogP contribution in [0.1, 0.15) is 33.1 Å². The van der Waals surface area contributed by atoms with E-state index in [-0.39, 0.29) is 0 Å². The maximum atomic E-state index is 3.81. The van der Waals surface area contributed by atoms with Crippen molar-refractivity contribution in [2.24, 2.45) is 5.41 Å². The highest BCUT2D eigenvalue weighted by Crippen LogP contribution is 2.34. The van der Waals surface area contributed by atoms with Crippen molar-refractivity contribution in [3.05, 3.63) is 0 Å². The highest BCUT2D eigenvalue weighted by Gasteiger charge is 2.32. The summed E-state index contributed by atoms with van der Waals surface area (Å²) in [5, 5.41) is 4.71. The van der Waals surface area contributed by atoms with Gasteiger partial charge in [0.25, 0.3) is 0 Å². The highest BCUT2D eigenvalue weighted by atomic mass is 32.2. The lowest BCUT2D eigenvalue weighted by Crippen LogP contribution is -2.48. The van der Waals surface area contributed by atoms with Gasteiger partial charge in [-0.2, -0.15) is 23.5 Å². The smallest absolute Gasteiger partial charge is 0.0210 e. The van der Waals surface area contributed by atoms with Crippen LogP contribution >= 0.6 is 23.5 Å². The summed E-state index contributed by atoms with van der Waals surface area (Å²) in [7, 11) is 0. The Morgan fingerprint density at radius 2 is 2.20 bits per heavy atom. The van der Waals surface area contributed by atoms with Crippen LogP contribution in [0.3, 0.4) is 0 Å². The molecule has 2 rings (SSSR count). The van der Waals surface area contributed by atoms with Crippen LogP contribution in [0.15, 0.2) is 0 Å². The van der Waals surface area contributed by atoms with Crippen LogP contribution in [-0.2, 0) is 0 Å². The molecule has 0 amide bonds. The van der Waals surface area contributed by atoms with Crippen LogP contribution in [0.5, 0.6) is 0 Å². The van der Waals surface area contributed by atoms with Crippen molar-refractivity contribution in [2.45, 2.75) is 44.4 Å². The van der Waals surface area contributed by atoms with Gasteiger partial charge in [0.05, 0.1) is 0 Å². The van der Waals surface area contributed by atoms with E-state index in [0.717, 1.165) is 11.3 Å². The molecule has 2 fully saturated rings. The molecule has 0 aliphatic carbocycles. The van der Waals surface area contributed by atoms with E-state index in [0.29, 0.717) is 5.41 Å². The number of hydrogen-bond donors (Lipinski definition) is 1. The van der Waals surface area contributed by atoms with Gasteiger partial charge in [-0.25, -0.2) is 0 Å². The second-order valence-electron chi connectivity index (χ2n) is 5.41. The molecule has 0 aromatic carbocycles. The Morgan fingerprint density at radius 1 is 1.33 bits per heavy atom. The van der Waals surface area contributed by atoms with Crippen LogP contribution in [-0.4, -0.2) is 35.1 Å². The average Bonchev–Trinajstić information content (AvgIpc) is 2.68. The molecule has 2 saturated heterocycles. The summed E-state index contributed by atoms with van der Waals surface area (Å²) in [5.41, 5.74) is 0.508. The van der Waals surface area contributed by atoms with E-state index in [4.69, 9.17) is 0 Å². The van der Waals surface area contributed by atoms with Gasteiger partial charge in [0.15, 0.2) is 0 Å². The second kappa shape index (κ2) is 5.33. The van der Waals surface area contributed by atoms with Crippen molar-refractivity contribution in [3.63, 3.8) is 0 Å². The topological polar surface area (TPSA) is 12.0 Å². The molecule has 1 nitrogen and oxygen atoms in total. The highest BCUT2D eigenvalue weighted by molar-refractivity contribution is 8.00. The maximum absolute atomic E-state index is 3.81. The Morgan fingerprint density at radius 3 is 2.87 bits per heavy atom. The monoisotopic (exact) mass is 245 g/mol. The Balaban J connectivity index is 1.76. The molecule has 15 heavy (non-hydrogen) atoms. The molecule has 2 aliphatic heterocycles. The van der Waals surface area contributed by atoms with Crippen LogP contribution in [0.4, 0.5) is 0 Å². The molecule has 0 aromatic heterocycles. The molecule has 2 atom stereocenters. The minimum atomic E-state index is 0.508.